The van der Waals surface area contributed by atoms with E-state index in [1.54, 1.807) is 0 Å². The van der Waals surface area contributed by atoms with E-state index in [1.807, 2.05) is 6.92 Å². The van der Waals surface area contributed by atoms with E-state index in [1.165, 1.54) is 26.2 Å². The molecule has 23 heavy (non-hydrogen) atoms. The fraction of sp³-hybridized carbons (Fsp3) is 0.900. The van der Waals surface area contributed by atoms with Crippen molar-refractivity contribution in [3.05, 3.63) is 0 Å². The Labute approximate surface area is 146 Å². The molecule has 0 saturated carbocycles. The lowest BCUT2D eigenvalue weighted by Crippen LogP contribution is -2.51. The molecule has 3 nitrogen and oxygen atoms in total. The molecule has 0 spiro atoms. The van der Waals surface area contributed by atoms with Crippen molar-refractivity contribution in [1.82, 2.24) is 15.5 Å². The van der Waals surface area contributed by atoms with Crippen LogP contribution in [0.25, 0.3) is 0 Å². The third-order valence-electron chi connectivity index (χ3n) is 5.60. The second kappa shape index (κ2) is 10.3. The molecule has 0 aliphatic carbocycles. The van der Waals surface area contributed by atoms with E-state index in [9.17, 15) is 0 Å². The zero-order valence-corrected chi connectivity index (χ0v) is 16.4. The van der Waals surface area contributed by atoms with Gasteiger partial charge in [-0.05, 0) is 76.8 Å². The Morgan fingerprint density at radius 2 is 1.30 bits per heavy atom. The number of nitrogens with one attached hydrogen (secondary N) is 2. The Balaban J connectivity index is 0.000000425. The number of nitrogens with zero attached hydrogens (tertiary/aromatic N) is 1. The highest BCUT2D eigenvalue weighted by atomic mass is 15.1. The number of piperidine rings is 2. The van der Waals surface area contributed by atoms with Crippen molar-refractivity contribution in [2.45, 2.75) is 47.1 Å². The fourth-order valence-electron chi connectivity index (χ4n) is 4.38. The normalized spacial score (nSPS) is 37.4. The van der Waals surface area contributed by atoms with Crippen molar-refractivity contribution in [1.29, 1.82) is 0 Å². The molecule has 0 aromatic carbocycles. The van der Waals surface area contributed by atoms with Gasteiger partial charge in [0.1, 0.15) is 0 Å². The standard InChI is InChI=1S/C11H19N.C9H20N2.H2/c1-4-5-6-11-9(2)7-12-8-10(11)3;1-7-5-10-6-8(2)9(7)11(3)4;/h9-12H,6-8H2,1-3H3;7-10H,5-6H2,1-4H3;1H. The third-order valence-corrected chi connectivity index (χ3v) is 5.60. The van der Waals surface area contributed by atoms with Gasteiger partial charge < -0.3 is 15.5 Å². The zero-order chi connectivity index (χ0) is 17.4. The van der Waals surface area contributed by atoms with Crippen LogP contribution in [-0.2, 0) is 0 Å². The lowest BCUT2D eigenvalue weighted by Gasteiger charge is -2.39. The summed E-state index contributed by atoms with van der Waals surface area (Å²) in [5, 5.41) is 6.88. The first-order chi connectivity index (χ1) is 10.9. The van der Waals surface area contributed by atoms with Gasteiger partial charge in [0, 0.05) is 13.9 Å². The molecule has 0 aromatic heterocycles. The lowest BCUT2D eigenvalue weighted by atomic mass is 9.78. The number of hydrogen-bond acceptors (Lipinski definition) is 3. The average Bonchev–Trinajstić information content (AvgIpc) is 2.47. The van der Waals surface area contributed by atoms with E-state index in [0.29, 0.717) is 0 Å². The summed E-state index contributed by atoms with van der Waals surface area (Å²) in [5.41, 5.74) is 0. The summed E-state index contributed by atoms with van der Waals surface area (Å²) in [5.74, 6) is 10.1. The Hall–Kier alpha value is -0.560. The Morgan fingerprint density at radius 3 is 1.65 bits per heavy atom. The Morgan fingerprint density at radius 1 is 0.870 bits per heavy atom. The first-order valence-electron chi connectivity index (χ1n) is 9.35. The average molecular weight is 324 g/mol. The highest BCUT2D eigenvalue weighted by Gasteiger charge is 2.28. The second-order valence-electron chi connectivity index (χ2n) is 7.97. The zero-order valence-electron chi connectivity index (χ0n) is 16.4. The highest BCUT2D eigenvalue weighted by molar-refractivity contribution is 4.99. The molecule has 0 bridgehead atoms. The molecule has 4 atom stereocenters. The quantitative estimate of drug-likeness (QED) is 0.765. The molecular formula is C20H41N3. The summed E-state index contributed by atoms with van der Waals surface area (Å²) in [6.45, 7) is 15.9. The molecule has 2 N–H and O–H groups in total. The van der Waals surface area contributed by atoms with Crippen LogP contribution in [0, 0.1) is 41.4 Å². The van der Waals surface area contributed by atoms with Gasteiger partial charge in [-0.3, -0.25) is 0 Å². The first kappa shape index (κ1) is 20.5. The van der Waals surface area contributed by atoms with Crippen LogP contribution in [0.5, 0.6) is 0 Å². The van der Waals surface area contributed by atoms with E-state index < -0.39 is 0 Å². The molecule has 136 valence electrons. The number of hydrogen-bond donors (Lipinski definition) is 2. The van der Waals surface area contributed by atoms with Gasteiger partial charge in [-0.2, -0.15) is 0 Å². The smallest absolute Gasteiger partial charge is 0.0165 e. The van der Waals surface area contributed by atoms with Gasteiger partial charge in [0.2, 0.25) is 0 Å². The maximum absolute atomic E-state index is 3.44. The maximum Gasteiger partial charge on any atom is 0.0165 e. The molecule has 2 rings (SSSR count). The van der Waals surface area contributed by atoms with Gasteiger partial charge in [0.25, 0.3) is 0 Å². The van der Waals surface area contributed by atoms with E-state index in [2.05, 4.69) is 69.2 Å². The summed E-state index contributed by atoms with van der Waals surface area (Å²) < 4.78 is 0. The Bertz CT molecular complexity index is 368. The predicted molar refractivity (Wildman–Crippen MR) is 104 cm³/mol. The van der Waals surface area contributed by atoms with Gasteiger partial charge in [-0.25, -0.2) is 0 Å². The van der Waals surface area contributed by atoms with Crippen LogP contribution in [-0.4, -0.2) is 51.2 Å². The summed E-state index contributed by atoms with van der Waals surface area (Å²) in [6, 6.07) is 0.760. The van der Waals surface area contributed by atoms with Gasteiger partial charge in [-0.1, -0.05) is 27.7 Å². The SMILES string of the molecule is CC#CCC1C(C)CNCC1C.CC1CNCC(C)C1N(C)C.[HH]. The lowest BCUT2D eigenvalue weighted by molar-refractivity contribution is 0.126. The largest absolute Gasteiger partial charge is 0.316 e. The van der Waals surface area contributed by atoms with Crippen LogP contribution in [0.15, 0.2) is 0 Å². The monoisotopic (exact) mass is 323 g/mol. The van der Waals surface area contributed by atoms with E-state index >= 15 is 0 Å². The first-order valence-corrected chi connectivity index (χ1v) is 9.35. The minimum Gasteiger partial charge on any atom is -0.316 e. The van der Waals surface area contributed by atoms with Crippen molar-refractivity contribution in [2.75, 3.05) is 40.3 Å². The van der Waals surface area contributed by atoms with Crippen molar-refractivity contribution >= 4 is 0 Å². The minimum absolute atomic E-state index is 0. The molecule has 2 aliphatic rings. The van der Waals surface area contributed by atoms with Gasteiger partial charge >= 0.3 is 0 Å². The van der Waals surface area contributed by atoms with Crippen LogP contribution in [0.2, 0.25) is 0 Å². The summed E-state index contributed by atoms with van der Waals surface area (Å²) in [6.07, 6.45) is 1.08. The molecule has 2 fully saturated rings. The van der Waals surface area contributed by atoms with Gasteiger partial charge in [-0.15, -0.1) is 11.8 Å². The van der Waals surface area contributed by atoms with Crippen LogP contribution in [0.4, 0.5) is 0 Å². The third kappa shape index (κ3) is 6.45. The molecule has 0 radical (unpaired) electrons. The van der Waals surface area contributed by atoms with Gasteiger partial charge in [0.05, 0.1) is 0 Å². The van der Waals surface area contributed by atoms with E-state index in [-0.39, 0.29) is 1.43 Å². The Kier molecular flexibility index (Phi) is 9.20. The van der Waals surface area contributed by atoms with E-state index in [4.69, 9.17) is 0 Å². The van der Waals surface area contributed by atoms with Crippen molar-refractivity contribution < 1.29 is 1.43 Å². The second-order valence-corrected chi connectivity index (χ2v) is 7.97. The molecule has 0 amide bonds. The van der Waals surface area contributed by atoms with E-state index in [0.717, 1.165) is 42.1 Å². The maximum atomic E-state index is 3.44. The molecule has 3 heteroatoms. The summed E-state index contributed by atoms with van der Waals surface area (Å²) in [7, 11) is 4.37. The van der Waals surface area contributed by atoms with Crippen molar-refractivity contribution in [2.24, 2.45) is 29.6 Å². The van der Waals surface area contributed by atoms with Crippen LogP contribution < -0.4 is 10.6 Å². The van der Waals surface area contributed by atoms with Crippen LogP contribution in [0.1, 0.15) is 42.5 Å². The van der Waals surface area contributed by atoms with Crippen LogP contribution >= 0.6 is 0 Å². The highest BCUT2D eigenvalue weighted by Crippen LogP contribution is 2.26. The molecule has 2 aliphatic heterocycles. The molecule has 0 aromatic rings. The van der Waals surface area contributed by atoms with Crippen LogP contribution in [0.3, 0.4) is 0 Å². The summed E-state index contributed by atoms with van der Waals surface area (Å²) >= 11 is 0. The fourth-order valence-corrected chi connectivity index (χ4v) is 4.38. The topological polar surface area (TPSA) is 27.3 Å². The molecular weight excluding hydrogens is 282 g/mol. The molecule has 2 saturated heterocycles. The van der Waals surface area contributed by atoms with Crippen molar-refractivity contribution in [3.8, 4) is 11.8 Å². The molecule has 2 heterocycles. The van der Waals surface area contributed by atoms with Crippen molar-refractivity contribution in [3.63, 3.8) is 0 Å². The predicted octanol–water partition coefficient (Wildman–Crippen LogP) is 2.93. The van der Waals surface area contributed by atoms with Gasteiger partial charge in [0.15, 0.2) is 0 Å². The number of rotatable bonds is 2. The molecule has 4 unspecified atom stereocenters. The summed E-state index contributed by atoms with van der Waals surface area (Å²) in [4.78, 5) is 2.36. The minimum atomic E-state index is 0.